The fourth-order valence-electron chi connectivity index (χ4n) is 5.44. The van der Waals surface area contributed by atoms with Crippen molar-refractivity contribution in [1.29, 1.82) is 0 Å². The van der Waals surface area contributed by atoms with Crippen molar-refractivity contribution in [3.8, 4) is 33.5 Å². The smallest absolute Gasteiger partial charge is 0.0775 e. The Bertz CT molecular complexity index is 1980. The molecule has 3 heteroatoms. The van der Waals surface area contributed by atoms with Gasteiger partial charge in [-0.25, -0.2) is 0 Å². The summed E-state index contributed by atoms with van der Waals surface area (Å²) in [7, 11) is -1.29. The van der Waals surface area contributed by atoms with Crippen LogP contribution in [0.25, 0.3) is 64.5 Å². The summed E-state index contributed by atoms with van der Waals surface area (Å²) in [5, 5.41) is 6.62. The molecule has 188 valence electrons. The summed E-state index contributed by atoms with van der Waals surface area (Å²) in [4.78, 5) is 4.91. The predicted molar refractivity (Wildman–Crippen MR) is 174 cm³/mol. The van der Waals surface area contributed by atoms with Gasteiger partial charge in [-0.05, 0) is 51.7 Å². The van der Waals surface area contributed by atoms with Crippen LogP contribution in [0.15, 0.2) is 121 Å². The monoisotopic (exact) mass is 535 g/mol. The molecule has 0 radical (unpaired) electrons. The number of hydrogen-bond acceptors (Lipinski definition) is 2. The first-order valence-corrected chi connectivity index (χ1v) is 17.8. The molecule has 0 aliphatic heterocycles. The lowest BCUT2D eigenvalue weighted by Gasteiger charge is -2.17. The SMILES string of the molecule is C[Si](C)(C)c1ccc(-c2ccc3cc(-c4ccc(-c5cccc6c5sc5ccccc56)nc4)ccc3c2)cc1. The Kier molecular flexibility index (Phi) is 5.73. The van der Waals surface area contributed by atoms with E-state index in [9.17, 15) is 0 Å². The molecular weight excluding hydrogens is 507 g/mol. The van der Waals surface area contributed by atoms with Gasteiger partial charge in [0.2, 0.25) is 0 Å². The van der Waals surface area contributed by atoms with E-state index in [1.54, 1.807) is 0 Å². The van der Waals surface area contributed by atoms with Gasteiger partial charge in [0.25, 0.3) is 0 Å². The van der Waals surface area contributed by atoms with Crippen molar-refractivity contribution in [2.24, 2.45) is 0 Å². The number of hydrogen-bond donors (Lipinski definition) is 0. The van der Waals surface area contributed by atoms with Crippen LogP contribution in [0, 0.1) is 0 Å². The van der Waals surface area contributed by atoms with Crippen LogP contribution in [0.2, 0.25) is 19.6 Å². The van der Waals surface area contributed by atoms with Crippen molar-refractivity contribution in [3.05, 3.63) is 121 Å². The average molecular weight is 536 g/mol. The van der Waals surface area contributed by atoms with Crippen molar-refractivity contribution < 1.29 is 0 Å². The van der Waals surface area contributed by atoms with Crippen LogP contribution in [0.3, 0.4) is 0 Å². The molecule has 0 saturated heterocycles. The van der Waals surface area contributed by atoms with Gasteiger partial charge >= 0.3 is 0 Å². The maximum atomic E-state index is 4.91. The minimum atomic E-state index is -1.29. The molecule has 0 fully saturated rings. The van der Waals surface area contributed by atoms with E-state index in [1.165, 1.54) is 58.4 Å². The number of fused-ring (bicyclic) bond motifs is 4. The first-order valence-electron chi connectivity index (χ1n) is 13.5. The third-order valence-corrected chi connectivity index (χ3v) is 11.0. The third kappa shape index (κ3) is 4.38. The van der Waals surface area contributed by atoms with Gasteiger partial charge in [-0.3, -0.25) is 4.98 Å². The van der Waals surface area contributed by atoms with Crippen LogP contribution in [-0.2, 0) is 0 Å². The molecule has 0 bridgehead atoms. The molecule has 0 saturated carbocycles. The molecule has 2 aromatic heterocycles. The maximum Gasteiger partial charge on any atom is 0.0775 e. The van der Waals surface area contributed by atoms with Gasteiger partial charge in [0.05, 0.1) is 13.8 Å². The second-order valence-electron chi connectivity index (χ2n) is 11.3. The van der Waals surface area contributed by atoms with E-state index in [-0.39, 0.29) is 0 Å². The highest BCUT2D eigenvalue weighted by atomic mass is 32.1. The molecule has 7 rings (SSSR count). The minimum absolute atomic E-state index is 1.02. The van der Waals surface area contributed by atoms with Gasteiger partial charge in [-0.2, -0.15) is 0 Å². The van der Waals surface area contributed by atoms with Crippen LogP contribution < -0.4 is 5.19 Å². The van der Waals surface area contributed by atoms with Gasteiger partial charge in [0, 0.05) is 37.5 Å². The summed E-state index contributed by atoms with van der Waals surface area (Å²) in [5.74, 6) is 0. The van der Waals surface area contributed by atoms with E-state index in [1.807, 2.05) is 17.5 Å². The van der Waals surface area contributed by atoms with Gasteiger partial charge in [-0.15, -0.1) is 11.3 Å². The fraction of sp³-hybridized carbons (Fsp3) is 0.0833. The first kappa shape index (κ1) is 24.0. The lowest BCUT2D eigenvalue weighted by molar-refractivity contribution is 1.33. The normalized spacial score (nSPS) is 12.0. The average Bonchev–Trinajstić information content (AvgIpc) is 3.35. The van der Waals surface area contributed by atoms with E-state index < -0.39 is 8.07 Å². The Balaban J connectivity index is 1.19. The van der Waals surface area contributed by atoms with E-state index in [0.717, 1.165) is 11.3 Å². The molecule has 0 aliphatic carbocycles. The summed E-state index contributed by atoms with van der Waals surface area (Å²) in [6.45, 7) is 7.18. The summed E-state index contributed by atoms with van der Waals surface area (Å²) in [6.07, 6.45) is 2.01. The van der Waals surface area contributed by atoms with Crippen LogP contribution in [0.1, 0.15) is 0 Å². The number of pyridine rings is 1. The Morgan fingerprint density at radius 3 is 1.90 bits per heavy atom. The second-order valence-corrected chi connectivity index (χ2v) is 17.4. The molecular formula is C36H29NSSi. The molecule has 39 heavy (non-hydrogen) atoms. The number of rotatable bonds is 4. The standard InChI is InChI=1S/C36H29NSSi/c1-39(2,3)30-18-15-24(16-19-30)25-11-12-27-22-28(14-13-26(27)21-25)29-17-20-34(37-23-29)33-9-6-8-32-31-7-4-5-10-35(31)38-36(32)33/h4-23H,1-3H3. The Morgan fingerprint density at radius 2 is 1.21 bits per heavy atom. The van der Waals surface area contributed by atoms with Crippen LogP contribution in [0.4, 0.5) is 0 Å². The van der Waals surface area contributed by atoms with Crippen LogP contribution in [-0.4, -0.2) is 13.1 Å². The zero-order chi connectivity index (χ0) is 26.6. The minimum Gasteiger partial charge on any atom is -0.256 e. The highest BCUT2D eigenvalue weighted by Gasteiger charge is 2.16. The predicted octanol–water partition coefficient (Wildman–Crippen LogP) is 10.1. The van der Waals surface area contributed by atoms with Crippen molar-refractivity contribution in [1.82, 2.24) is 4.98 Å². The largest absolute Gasteiger partial charge is 0.256 e. The topological polar surface area (TPSA) is 12.9 Å². The fourth-order valence-corrected chi connectivity index (χ4v) is 7.83. The summed E-state index contributed by atoms with van der Waals surface area (Å²) >= 11 is 1.85. The lowest BCUT2D eigenvalue weighted by atomic mass is 9.98. The van der Waals surface area contributed by atoms with E-state index >= 15 is 0 Å². The Morgan fingerprint density at radius 1 is 0.564 bits per heavy atom. The Hall–Kier alpha value is -4.05. The highest BCUT2D eigenvalue weighted by molar-refractivity contribution is 7.26. The molecule has 2 heterocycles. The quantitative estimate of drug-likeness (QED) is 0.204. The highest BCUT2D eigenvalue weighted by Crippen LogP contribution is 2.39. The summed E-state index contributed by atoms with van der Waals surface area (Å²) < 4.78 is 2.62. The molecule has 0 aliphatic rings. The summed E-state index contributed by atoms with van der Waals surface area (Å²) in [5.41, 5.74) is 7.07. The number of benzene rings is 5. The molecule has 0 N–H and O–H groups in total. The Labute approximate surface area is 234 Å². The number of thiophene rings is 1. The van der Waals surface area contributed by atoms with Gasteiger partial charge < -0.3 is 0 Å². The van der Waals surface area contributed by atoms with Crippen molar-refractivity contribution in [3.63, 3.8) is 0 Å². The number of nitrogens with zero attached hydrogens (tertiary/aromatic N) is 1. The number of aromatic nitrogens is 1. The van der Waals surface area contributed by atoms with Crippen LogP contribution in [0.5, 0.6) is 0 Å². The van der Waals surface area contributed by atoms with Crippen molar-refractivity contribution in [2.75, 3.05) is 0 Å². The maximum absolute atomic E-state index is 4.91. The molecule has 0 spiro atoms. The van der Waals surface area contributed by atoms with Crippen molar-refractivity contribution in [2.45, 2.75) is 19.6 Å². The molecule has 0 unspecified atom stereocenters. The zero-order valence-corrected chi connectivity index (χ0v) is 24.2. The lowest BCUT2D eigenvalue weighted by Crippen LogP contribution is -2.37. The van der Waals surface area contributed by atoms with Crippen molar-refractivity contribution >= 4 is 55.5 Å². The van der Waals surface area contributed by atoms with E-state index in [4.69, 9.17) is 4.98 Å². The second kappa shape index (κ2) is 9.30. The van der Waals surface area contributed by atoms with Gasteiger partial charge in [0.15, 0.2) is 0 Å². The van der Waals surface area contributed by atoms with E-state index in [0.29, 0.717) is 0 Å². The first-order chi connectivity index (χ1) is 18.9. The molecule has 1 nitrogen and oxygen atoms in total. The van der Waals surface area contributed by atoms with Crippen LogP contribution >= 0.6 is 11.3 Å². The molecule has 0 atom stereocenters. The third-order valence-electron chi connectivity index (χ3n) is 7.70. The summed E-state index contributed by atoms with van der Waals surface area (Å²) in [6, 6.07) is 42.2. The molecule has 0 amide bonds. The molecule has 7 aromatic rings. The van der Waals surface area contributed by atoms with E-state index in [2.05, 4.69) is 135 Å². The zero-order valence-electron chi connectivity index (χ0n) is 22.4. The van der Waals surface area contributed by atoms with Gasteiger partial charge in [-0.1, -0.05) is 116 Å². The molecule has 5 aromatic carbocycles. The van der Waals surface area contributed by atoms with Gasteiger partial charge in [0.1, 0.15) is 0 Å².